The van der Waals surface area contributed by atoms with Gasteiger partial charge in [0.05, 0.1) is 0 Å². The standard InChI is InChI=1S/C19H29/c1-2-3-4-5-10-15-19(16-11-7-12-17-19)18-13-8-6-9-14-18/h6,8-9,13H,2-5,7,10-12,15-17H2,1H3. The van der Waals surface area contributed by atoms with Crippen molar-refractivity contribution in [3.63, 3.8) is 0 Å². The molecular formula is C19H29. The van der Waals surface area contributed by atoms with Gasteiger partial charge in [0.1, 0.15) is 0 Å². The molecular weight excluding hydrogens is 228 g/mol. The molecule has 1 saturated carbocycles. The van der Waals surface area contributed by atoms with Gasteiger partial charge >= 0.3 is 0 Å². The van der Waals surface area contributed by atoms with Crippen LogP contribution in [0.5, 0.6) is 0 Å². The monoisotopic (exact) mass is 257 g/mol. The molecule has 105 valence electrons. The van der Waals surface area contributed by atoms with Gasteiger partial charge < -0.3 is 0 Å². The lowest BCUT2D eigenvalue weighted by atomic mass is 9.66. The third kappa shape index (κ3) is 4.09. The van der Waals surface area contributed by atoms with Crippen molar-refractivity contribution in [2.45, 2.75) is 83.0 Å². The van der Waals surface area contributed by atoms with Gasteiger partial charge in [-0.1, -0.05) is 82.6 Å². The fourth-order valence-corrected chi connectivity index (χ4v) is 3.67. The minimum atomic E-state index is 0.464. The highest BCUT2D eigenvalue weighted by atomic mass is 14.4. The van der Waals surface area contributed by atoms with Crippen molar-refractivity contribution in [1.29, 1.82) is 0 Å². The summed E-state index contributed by atoms with van der Waals surface area (Å²) in [5, 5.41) is 0. The fraction of sp³-hybridized carbons (Fsp3) is 0.684. The molecule has 1 aliphatic rings. The zero-order valence-corrected chi connectivity index (χ0v) is 12.6. The van der Waals surface area contributed by atoms with Gasteiger partial charge in [0.15, 0.2) is 0 Å². The van der Waals surface area contributed by atoms with Crippen molar-refractivity contribution >= 4 is 0 Å². The number of unbranched alkanes of at least 4 members (excludes halogenated alkanes) is 4. The Morgan fingerprint density at radius 1 is 1.00 bits per heavy atom. The molecule has 0 unspecified atom stereocenters. The van der Waals surface area contributed by atoms with Gasteiger partial charge in [-0.05, 0) is 36.3 Å². The maximum absolute atomic E-state index is 3.53. The highest BCUT2D eigenvalue weighted by Gasteiger charge is 2.32. The van der Waals surface area contributed by atoms with E-state index < -0.39 is 0 Å². The van der Waals surface area contributed by atoms with E-state index in [4.69, 9.17) is 0 Å². The molecule has 1 aromatic rings. The molecule has 0 heteroatoms. The maximum Gasteiger partial charge on any atom is -0.00408 e. The molecule has 0 aromatic heterocycles. The Morgan fingerprint density at radius 3 is 2.47 bits per heavy atom. The highest BCUT2D eigenvalue weighted by molar-refractivity contribution is 5.24. The molecule has 0 spiro atoms. The van der Waals surface area contributed by atoms with Crippen molar-refractivity contribution in [1.82, 2.24) is 0 Å². The summed E-state index contributed by atoms with van der Waals surface area (Å²) in [5.74, 6) is 0. The van der Waals surface area contributed by atoms with Crippen LogP contribution in [0.2, 0.25) is 0 Å². The Balaban J connectivity index is 1.95. The molecule has 0 bridgehead atoms. The molecule has 1 aromatic carbocycles. The van der Waals surface area contributed by atoms with Crippen LogP contribution in [0.3, 0.4) is 0 Å². The summed E-state index contributed by atoms with van der Waals surface area (Å²) in [6.07, 6.45) is 15.4. The van der Waals surface area contributed by atoms with E-state index in [1.165, 1.54) is 76.2 Å². The lowest BCUT2D eigenvalue weighted by Gasteiger charge is -2.38. The predicted molar refractivity (Wildman–Crippen MR) is 83.4 cm³/mol. The van der Waals surface area contributed by atoms with E-state index in [1.807, 2.05) is 0 Å². The molecule has 0 aliphatic heterocycles. The average molecular weight is 257 g/mol. The summed E-state index contributed by atoms with van der Waals surface area (Å²) in [4.78, 5) is 0. The van der Waals surface area contributed by atoms with E-state index in [0.717, 1.165) is 0 Å². The van der Waals surface area contributed by atoms with Gasteiger partial charge in [-0.25, -0.2) is 0 Å². The second-order valence-corrected chi connectivity index (χ2v) is 6.28. The molecule has 1 aliphatic carbocycles. The lowest BCUT2D eigenvalue weighted by Crippen LogP contribution is -2.29. The first-order chi connectivity index (χ1) is 9.37. The van der Waals surface area contributed by atoms with Crippen LogP contribution in [0.25, 0.3) is 0 Å². The van der Waals surface area contributed by atoms with Crippen molar-refractivity contribution < 1.29 is 0 Å². The molecule has 0 nitrogen and oxygen atoms in total. The first-order valence-electron chi connectivity index (χ1n) is 8.35. The van der Waals surface area contributed by atoms with Crippen LogP contribution in [-0.2, 0) is 5.41 Å². The minimum Gasteiger partial charge on any atom is -0.0654 e. The van der Waals surface area contributed by atoms with Crippen LogP contribution < -0.4 is 0 Å². The Kier molecular flexibility index (Phi) is 5.94. The normalized spacial score (nSPS) is 18.4. The summed E-state index contributed by atoms with van der Waals surface area (Å²) < 4.78 is 0. The van der Waals surface area contributed by atoms with Crippen molar-refractivity contribution in [3.8, 4) is 0 Å². The SMILES string of the molecule is CCCCCCCC1(c2[c]cccc2)CCCCC1. The van der Waals surface area contributed by atoms with Crippen LogP contribution in [0.1, 0.15) is 83.1 Å². The van der Waals surface area contributed by atoms with Crippen LogP contribution in [-0.4, -0.2) is 0 Å². The molecule has 0 saturated heterocycles. The lowest BCUT2D eigenvalue weighted by molar-refractivity contribution is 0.265. The Morgan fingerprint density at radius 2 is 1.79 bits per heavy atom. The van der Waals surface area contributed by atoms with Crippen LogP contribution in [0.15, 0.2) is 24.3 Å². The average Bonchev–Trinajstić information content (AvgIpc) is 2.49. The zero-order valence-electron chi connectivity index (χ0n) is 12.6. The third-order valence-electron chi connectivity index (χ3n) is 4.85. The van der Waals surface area contributed by atoms with Gasteiger partial charge in [-0.15, -0.1) is 0 Å². The van der Waals surface area contributed by atoms with Crippen LogP contribution >= 0.6 is 0 Å². The molecule has 0 amide bonds. The molecule has 1 radical (unpaired) electrons. The summed E-state index contributed by atoms with van der Waals surface area (Å²) in [6.45, 7) is 2.29. The first kappa shape index (κ1) is 14.6. The molecule has 0 atom stereocenters. The second-order valence-electron chi connectivity index (χ2n) is 6.28. The molecule has 2 rings (SSSR count). The predicted octanol–water partition coefficient (Wildman–Crippen LogP) is 6.05. The largest absolute Gasteiger partial charge is 0.0654 e. The Hall–Kier alpha value is -0.780. The van der Waals surface area contributed by atoms with Crippen molar-refractivity contribution in [3.05, 3.63) is 35.9 Å². The van der Waals surface area contributed by atoms with E-state index in [1.54, 1.807) is 0 Å². The quantitative estimate of drug-likeness (QED) is 0.522. The number of rotatable bonds is 7. The van der Waals surface area contributed by atoms with Gasteiger partial charge in [-0.2, -0.15) is 0 Å². The molecule has 0 heterocycles. The topological polar surface area (TPSA) is 0 Å². The summed E-state index contributed by atoms with van der Waals surface area (Å²) >= 11 is 0. The van der Waals surface area contributed by atoms with Crippen LogP contribution in [0, 0.1) is 6.07 Å². The van der Waals surface area contributed by atoms with Gasteiger partial charge in [0, 0.05) is 0 Å². The molecule has 0 N–H and O–H groups in total. The van der Waals surface area contributed by atoms with Gasteiger partial charge in [-0.3, -0.25) is 0 Å². The van der Waals surface area contributed by atoms with Gasteiger partial charge in [0.2, 0.25) is 0 Å². The van der Waals surface area contributed by atoms with Crippen molar-refractivity contribution in [2.75, 3.05) is 0 Å². The fourth-order valence-electron chi connectivity index (χ4n) is 3.67. The smallest absolute Gasteiger partial charge is 0.00408 e. The van der Waals surface area contributed by atoms with E-state index in [2.05, 4.69) is 37.3 Å². The van der Waals surface area contributed by atoms with E-state index in [0.29, 0.717) is 5.41 Å². The number of hydrogen-bond donors (Lipinski definition) is 0. The summed E-state index contributed by atoms with van der Waals surface area (Å²) in [6, 6.07) is 12.2. The Labute approximate surface area is 119 Å². The third-order valence-corrected chi connectivity index (χ3v) is 4.85. The Bertz CT molecular complexity index is 332. The molecule has 19 heavy (non-hydrogen) atoms. The number of benzene rings is 1. The number of hydrogen-bond acceptors (Lipinski definition) is 0. The maximum atomic E-state index is 3.53. The minimum absolute atomic E-state index is 0.464. The van der Waals surface area contributed by atoms with E-state index in [-0.39, 0.29) is 0 Å². The van der Waals surface area contributed by atoms with Crippen LogP contribution in [0.4, 0.5) is 0 Å². The first-order valence-corrected chi connectivity index (χ1v) is 8.35. The van der Waals surface area contributed by atoms with E-state index in [9.17, 15) is 0 Å². The second kappa shape index (κ2) is 7.72. The zero-order chi connectivity index (χ0) is 13.4. The van der Waals surface area contributed by atoms with Gasteiger partial charge in [0.25, 0.3) is 0 Å². The summed E-state index contributed by atoms with van der Waals surface area (Å²) in [7, 11) is 0. The molecule has 1 fully saturated rings. The van der Waals surface area contributed by atoms with E-state index >= 15 is 0 Å². The summed E-state index contributed by atoms with van der Waals surface area (Å²) in [5.41, 5.74) is 1.95. The highest BCUT2D eigenvalue weighted by Crippen LogP contribution is 2.43. The van der Waals surface area contributed by atoms with Crippen molar-refractivity contribution in [2.24, 2.45) is 0 Å².